The highest BCUT2D eigenvalue weighted by Crippen LogP contribution is 2.55. The van der Waals surface area contributed by atoms with E-state index in [1.54, 1.807) is 24.3 Å². The van der Waals surface area contributed by atoms with Crippen LogP contribution in [0.15, 0.2) is 30.3 Å². The van der Waals surface area contributed by atoms with Crippen LogP contribution in [0, 0.1) is 17.8 Å². The van der Waals surface area contributed by atoms with Crippen LogP contribution in [0.2, 0.25) is 0 Å². The molecule has 1 aromatic carbocycles. The van der Waals surface area contributed by atoms with Gasteiger partial charge in [0.05, 0.1) is 11.9 Å². The summed E-state index contributed by atoms with van der Waals surface area (Å²) in [5.41, 5.74) is 0.437. The number of rotatable bonds is 6. The van der Waals surface area contributed by atoms with Gasteiger partial charge in [0.2, 0.25) is 15.9 Å². The molecule has 5 nitrogen and oxygen atoms in total. The molecule has 4 fully saturated rings. The molecule has 27 heavy (non-hydrogen) atoms. The number of hydrogen-bond donors (Lipinski definition) is 1. The van der Waals surface area contributed by atoms with Crippen molar-refractivity contribution in [3.05, 3.63) is 30.3 Å². The van der Waals surface area contributed by atoms with E-state index in [4.69, 9.17) is 0 Å². The molecule has 0 radical (unpaired) electrons. The molecule has 4 aliphatic carbocycles. The van der Waals surface area contributed by atoms with Gasteiger partial charge in [0.25, 0.3) is 0 Å². The summed E-state index contributed by atoms with van der Waals surface area (Å²) >= 11 is 0. The molecule has 0 aliphatic heterocycles. The lowest BCUT2D eigenvalue weighted by atomic mass is 9.53. The van der Waals surface area contributed by atoms with E-state index in [0.29, 0.717) is 12.1 Å². The lowest BCUT2D eigenvalue weighted by molar-refractivity contribution is -0.128. The zero-order valence-corrected chi connectivity index (χ0v) is 17.0. The smallest absolute Gasteiger partial charge is 0.244 e. The van der Waals surface area contributed by atoms with Gasteiger partial charge in [-0.2, -0.15) is 0 Å². The van der Waals surface area contributed by atoms with Crippen LogP contribution in [0.25, 0.3) is 0 Å². The lowest BCUT2D eigenvalue weighted by Gasteiger charge is -2.57. The van der Waals surface area contributed by atoms with Crippen LogP contribution in [-0.4, -0.2) is 32.2 Å². The molecule has 6 heteroatoms. The molecule has 0 saturated heterocycles. The van der Waals surface area contributed by atoms with Crippen LogP contribution in [-0.2, 0) is 14.8 Å². The standard InChI is InChI=1S/C21H30N2O3S/c1-3-19(23(27(2,25)26)18-7-5-4-6-8-18)20(24)22-21-12-15-9-16(13-21)11-17(10-15)14-21/h4-8,15-17,19H,3,9-14H2,1-2H3,(H,22,24)/t15?,16?,17?,19-,21?/m1/s1. The second-order valence-electron chi connectivity index (χ2n) is 9.01. The maximum atomic E-state index is 13.3. The fourth-order valence-corrected chi connectivity index (χ4v) is 7.46. The Balaban J connectivity index is 1.59. The lowest BCUT2D eigenvalue weighted by Crippen LogP contribution is -2.63. The van der Waals surface area contributed by atoms with Gasteiger partial charge in [-0.1, -0.05) is 25.1 Å². The van der Waals surface area contributed by atoms with E-state index in [2.05, 4.69) is 5.32 Å². The Morgan fingerprint density at radius 2 is 1.63 bits per heavy atom. The molecule has 5 rings (SSSR count). The maximum Gasteiger partial charge on any atom is 0.244 e. The second kappa shape index (κ2) is 6.80. The van der Waals surface area contributed by atoms with Crippen molar-refractivity contribution in [1.82, 2.24) is 5.32 Å². The van der Waals surface area contributed by atoms with Gasteiger partial charge in [-0.05, 0) is 74.8 Å². The summed E-state index contributed by atoms with van der Waals surface area (Å²) < 4.78 is 26.4. The van der Waals surface area contributed by atoms with Gasteiger partial charge in [0.15, 0.2) is 0 Å². The van der Waals surface area contributed by atoms with Gasteiger partial charge in [-0.15, -0.1) is 0 Å². The molecule has 1 N–H and O–H groups in total. The highest BCUT2D eigenvalue weighted by atomic mass is 32.2. The highest BCUT2D eigenvalue weighted by molar-refractivity contribution is 7.92. The second-order valence-corrected chi connectivity index (χ2v) is 10.9. The molecule has 0 unspecified atom stereocenters. The van der Waals surface area contributed by atoms with E-state index in [9.17, 15) is 13.2 Å². The van der Waals surface area contributed by atoms with E-state index >= 15 is 0 Å². The maximum absolute atomic E-state index is 13.3. The molecule has 1 aromatic rings. The van der Waals surface area contributed by atoms with Crippen LogP contribution in [0.1, 0.15) is 51.9 Å². The molecular formula is C21H30N2O3S. The van der Waals surface area contributed by atoms with Crippen molar-refractivity contribution in [3.63, 3.8) is 0 Å². The number of amides is 1. The molecule has 4 bridgehead atoms. The minimum absolute atomic E-state index is 0.112. The molecule has 1 amide bonds. The number of sulfonamides is 1. The van der Waals surface area contributed by atoms with Crippen molar-refractivity contribution in [2.75, 3.05) is 10.6 Å². The molecule has 148 valence electrons. The Hall–Kier alpha value is -1.56. The third-order valence-corrected chi connectivity index (χ3v) is 7.95. The van der Waals surface area contributed by atoms with Crippen LogP contribution >= 0.6 is 0 Å². The van der Waals surface area contributed by atoms with E-state index in [1.807, 2.05) is 13.0 Å². The highest BCUT2D eigenvalue weighted by Gasteiger charge is 2.52. The largest absolute Gasteiger partial charge is 0.349 e. The van der Waals surface area contributed by atoms with Crippen LogP contribution < -0.4 is 9.62 Å². The van der Waals surface area contributed by atoms with Crippen LogP contribution in [0.4, 0.5) is 5.69 Å². The summed E-state index contributed by atoms with van der Waals surface area (Å²) in [6, 6.07) is 8.24. The van der Waals surface area contributed by atoms with Crippen molar-refractivity contribution in [3.8, 4) is 0 Å². The van der Waals surface area contributed by atoms with E-state index in [-0.39, 0.29) is 11.4 Å². The number of benzene rings is 1. The summed E-state index contributed by atoms with van der Waals surface area (Å²) in [6.45, 7) is 1.88. The fraction of sp³-hybridized carbons (Fsp3) is 0.667. The first-order valence-corrected chi connectivity index (χ1v) is 12.0. The van der Waals surface area contributed by atoms with Gasteiger partial charge in [0.1, 0.15) is 6.04 Å². The normalized spacial score (nSPS) is 32.9. The van der Waals surface area contributed by atoms with E-state index < -0.39 is 16.1 Å². The zero-order chi connectivity index (χ0) is 19.2. The average Bonchev–Trinajstić information content (AvgIpc) is 2.57. The summed E-state index contributed by atoms with van der Waals surface area (Å²) in [4.78, 5) is 13.3. The first kappa shape index (κ1) is 18.8. The van der Waals surface area contributed by atoms with E-state index in [1.165, 1.54) is 29.8 Å². The first-order valence-electron chi connectivity index (χ1n) is 10.2. The average molecular weight is 391 g/mol. The predicted octanol–water partition coefficient (Wildman–Crippen LogP) is 3.32. The molecule has 0 heterocycles. The van der Waals surface area contributed by atoms with Crippen molar-refractivity contribution < 1.29 is 13.2 Å². The topological polar surface area (TPSA) is 66.5 Å². The van der Waals surface area contributed by atoms with Crippen molar-refractivity contribution in [2.45, 2.75) is 63.5 Å². The zero-order valence-electron chi connectivity index (χ0n) is 16.2. The van der Waals surface area contributed by atoms with Crippen LogP contribution in [0.3, 0.4) is 0 Å². The Morgan fingerprint density at radius 3 is 2.07 bits per heavy atom. The molecule has 0 aromatic heterocycles. The van der Waals surface area contributed by atoms with Crippen molar-refractivity contribution >= 4 is 21.6 Å². The molecule has 4 aliphatic rings. The van der Waals surface area contributed by atoms with Gasteiger partial charge >= 0.3 is 0 Å². The Kier molecular flexibility index (Phi) is 4.73. The molecular weight excluding hydrogens is 360 g/mol. The predicted molar refractivity (Wildman–Crippen MR) is 107 cm³/mol. The quantitative estimate of drug-likeness (QED) is 0.810. The number of para-hydroxylation sites is 1. The number of anilines is 1. The third kappa shape index (κ3) is 3.60. The Labute approximate surface area is 162 Å². The minimum Gasteiger partial charge on any atom is -0.349 e. The minimum atomic E-state index is -3.57. The molecule has 4 saturated carbocycles. The van der Waals surface area contributed by atoms with Crippen molar-refractivity contribution in [2.24, 2.45) is 17.8 Å². The van der Waals surface area contributed by atoms with Crippen molar-refractivity contribution in [1.29, 1.82) is 0 Å². The third-order valence-electron chi connectivity index (χ3n) is 6.77. The monoisotopic (exact) mass is 390 g/mol. The number of nitrogens with zero attached hydrogens (tertiary/aromatic N) is 1. The number of hydrogen-bond acceptors (Lipinski definition) is 3. The SMILES string of the molecule is CC[C@H](C(=O)NC12CC3CC(CC(C3)C1)C2)N(c1ccccc1)S(C)(=O)=O. The first-order chi connectivity index (χ1) is 12.8. The Bertz CT molecular complexity index is 771. The summed E-state index contributed by atoms with van der Waals surface area (Å²) in [5.74, 6) is 2.05. The Morgan fingerprint density at radius 1 is 1.11 bits per heavy atom. The summed E-state index contributed by atoms with van der Waals surface area (Å²) in [7, 11) is -3.57. The van der Waals surface area contributed by atoms with Gasteiger partial charge in [0, 0.05) is 5.54 Å². The van der Waals surface area contributed by atoms with Gasteiger partial charge in [-0.3, -0.25) is 9.10 Å². The fourth-order valence-electron chi connectivity index (χ4n) is 6.24. The van der Waals surface area contributed by atoms with Gasteiger partial charge in [-0.25, -0.2) is 8.42 Å². The van der Waals surface area contributed by atoms with Gasteiger partial charge < -0.3 is 5.32 Å². The van der Waals surface area contributed by atoms with E-state index in [0.717, 1.165) is 37.0 Å². The summed E-state index contributed by atoms with van der Waals surface area (Å²) in [5, 5.41) is 3.35. The number of carbonyl (C=O) groups excluding carboxylic acids is 1. The molecule has 1 atom stereocenters. The number of nitrogens with one attached hydrogen (secondary N) is 1. The molecule has 0 spiro atoms. The summed E-state index contributed by atoms with van der Waals surface area (Å²) in [6.07, 6.45) is 8.74. The van der Waals surface area contributed by atoms with Crippen LogP contribution in [0.5, 0.6) is 0 Å². The number of carbonyl (C=O) groups is 1.